The number of benzene rings is 2. The zero-order valence-electron chi connectivity index (χ0n) is 17.1. The van der Waals surface area contributed by atoms with E-state index in [0.717, 1.165) is 16.9 Å². The topological polar surface area (TPSA) is 91.8 Å². The van der Waals surface area contributed by atoms with Crippen molar-refractivity contribution in [3.8, 4) is 0 Å². The normalized spacial score (nSPS) is 10.4. The Labute approximate surface area is 190 Å². The van der Waals surface area contributed by atoms with Crippen LogP contribution in [0.5, 0.6) is 0 Å². The third kappa shape index (κ3) is 6.26. The third-order valence-corrected chi connectivity index (χ3v) is 4.79. The summed E-state index contributed by atoms with van der Waals surface area (Å²) in [6.07, 6.45) is 4.20. The van der Waals surface area contributed by atoms with E-state index >= 15 is 0 Å². The highest BCUT2D eigenvalue weighted by Gasteiger charge is 2.05. The summed E-state index contributed by atoms with van der Waals surface area (Å²) in [7, 11) is 0. The molecule has 0 spiro atoms. The van der Waals surface area contributed by atoms with E-state index in [9.17, 15) is 4.79 Å². The van der Waals surface area contributed by atoms with Crippen LogP contribution in [0.1, 0.15) is 12.0 Å². The number of pyridine rings is 1. The summed E-state index contributed by atoms with van der Waals surface area (Å²) in [6.45, 7) is 0. The van der Waals surface area contributed by atoms with E-state index in [1.807, 2.05) is 66.7 Å². The maximum atomic E-state index is 12.2. The van der Waals surface area contributed by atoms with Crippen molar-refractivity contribution < 1.29 is 4.79 Å². The van der Waals surface area contributed by atoms with Gasteiger partial charge in [-0.1, -0.05) is 29.8 Å². The Hall–Kier alpha value is -3.97. The standard InChI is InChI=1S/C24H21ClN6O/c25-18-5-3-4-17(14-18)7-12-24(32)30-20-10-8-19(9-11-20)29-22-15-23(28-16-27-22)31-21-6-1-2-13-26-21/h1-6,8-11,13-16H,7,12H2,(H,30,32)(H2,26,27,28,29,31). The molecular formula is C24H21ClN6O. The van der Waals surface area contributed by atoms with Gasteiger partial charge in [0.15, 0.2) is 0 Å². The van der Waals surface area contributed by atoms with E-state index in [1.54, 1.807) is 12.3 Å². The molecule has 3 N–H and O–H groups in total. The molecule has 1 amide bonds. The molecule has 32 heavy (non-hydrogen) atoms. The van der Waals surface area contributed by atoms with Crippen LogP contribution in [-0.4, -0.2) is 20.9 Å². The minimum absolute atomic E-state index is 0.0493. The van der Waals surface area contributed by atoms with Crippen LogP contribution in [0.25, 0.3) is 0 Å². The number of carbonyl (C=O) groups is 1. The molecule has 4 rings (SSSR count). The SMILES string of the molecule is O=C(CCc1cccc(Cl)c1)Nc1ccc(Nc2cc(Nc3ccccn3)ncn2)cc1. The van der Waals surface area contributed by atoms with Gasteiger partial charge in [-0.25, -0.2) is 15.0 Å². The minimum Gasteiger partial charge on any atom is -0.340 e. The largest absolute Gasteiger partial charge is 0.340 e. The first-order chi connectivity index (χ1) is 15.6. The van der Waals surface area contributed by atoms with Crippen molar-refractivity contribution in [2.24, 2.45) is 0 Å². The molecule has 0 saturated carbocycles. The summed E-state index contributed by atoms with van der Waals surface area (Å²) >= 11 is 5.99. The molecule has 160 valence electrons. The minimum atomic E-state index is -0.0493. The van der Waals surface area contributed by atoms with Crippen molar-refractivity contribution in [3.05, 3.63) is 95.9 Å². The Morgan fingerprint density at radius 2 is 1.56 bits per heavy atom. The van der Waals surface area contributed by atoms with Crippen LogP contribution in [-0.2, 0) is 11.2 Å². The number of carbonyl (C=O) groups excluding carboxylic acids is 1. The third-order valence-electron chi connectivity index (χ3n) is 4.56. The molecule has 0 saturated heterocycles. The van der Waals surface area contributed by atoms with Crippen LogP contribution in [0.2, 0.25) is 5.02 Å². The Kier molecular flexibility index (Phi) is 6.89. The number of hydrogen-bond donors (Lipinski definition) is 3. The number of nitrogens with zero attached hydrogens (tertiary/aromatic N) is 3. The predicted octanol–water partition coefficient (Wildman–Crippen LogP) is 5.58. The molecule has 2 aromatic heterocycles. The lowest BCUT2D eigenvalue weighted by Gasteiger charge is -2.10. The van der Waals surface area contributed by atoms with E-state index < -0.39 is 0 Å². The summed E-state index contributed by atoms with van der Waals surface area (Å²) in [5.41, 5.74) is 2.60. The fraction of sp³-hybridized carbons (Fsp3) is 0.0833. The zero-order chi connectivity index (χ0) is 22.2. The van der Waals surface area contributed by atoms with Crippen molar-refractivity contribution >= 4 is 46.3 Å². The van der Waals surface area contributed by atoms with E-state index in [0.29, 0.717) is 35.3 Å². The van der Waals surface area contributed by atoms with Crippen molar-refractivity contribution in [1.82, 2.24) is 15.0 Å². The molecule has 7 nitrogen and oxygen atoms in total. The van der Waals surface area contributed by atoms with Gasteiger partial charge in [-0.3, -0.25) is 4.79 Å². The summed E-state index contributed by atoms with van der Waals surface area (Å²) in [4.78, 5) is 24.9. The molecule has 2 heterocycles. The first-order valence-electron chi connectivity index (χ1n) is 10.1. The van der Waals surface area contributed by atoms with Crippen LogP contribution in [0, 0.1) is 0 Å². The average molecular weight is 445 g/mol. The van der Waals surface area contributed by atoms with Crippen molar-refractivity contribution in [1.29, 1.82) is 0 Å². The smallest absolute Gasteiger partial charge is 0.224 e. The highest BCUT2D eigenvalue weighted by atomic mass is 35.5. The summed E-state index contributed by atoms with van der Waals surface area (Å²) in [6, 6.07) is 22.4. The van der Waals surface area contributed by atoms with Gasteiger partial charge in [0.1, 0.15) is 23.8 Å². The predicted molar refractivity (Wildman–Crippen MR) is 128 cm³/mol. The maximum Gasteiger partial charge on any atom is 0.224 e. The van der Waals surface area contributed by atoms with Gasteiger partial charge in [-0.05, 0) is 60.5 Å². The van der Waals surface area contributed by atoms with Crippen LogP contribution in [0.3, 0.4) is 0 Å². The first-order valence-corrected chi connectivity index (χ1v) is 10.4. The molecule has 2 aromatic carbocycles. The van der Waals surface area contributed by atoms with Crippen molar-refractivity contribution in [2.75, 3.05) is 16.0 Å². The Balaban J connectivity index is 1.31. The lowest BCUT2D eigenvalue weighted by atomic mass is 10.1. The van der Waals surface area contributed by atoms with Gasteiger partial charge in [0.2, 0.25) is 5.91 Å². The number of aromatic nitrogens is 3. The van der Waals surface area contributed by atoms with E-state index in [-0.39, 0.29) is 5.91 Å². The highest BCUT2D eigenvalue weighted by molar-refractivity contribution is 6.30. The molecule has 0 radical (unpaired) electrons. The lowest BCUT2D eigenvalue weighted by molar-refractivity contribution is -0.116. The van der Waals surface area contributed by atoms with Crippen molar-refractivity contribution in [3.63, 3.8) is 0 Å². The highest BCUT2D eigenvalue weighted by Crippen LogP contribution is 2.20. The van der Waals surface area contributed by atoms with Gasteiger partial charge in [0, 0.05) is 35.1 Å². The molecule has 0 aliphatic carbocycles. The molecule has 0 aliphatic heterocycles. The van der Waals surface area contributed by atoms with Crippen LogP contribution >= 0.6 is 11.6 Å². The molecule has 0 atom stereocenters. The summed E-state index contributed by atoms with van der Waals surface area (Å²) in [5, 5.41) is 9.94. The van der Waals surface area contributed by atoms with Crippen LogP contribution < -0.4 is 16.0 Å². The number of rotatable bonds is 8. The number of nitrogens with one attached hydrogen (secondary N) is 3. The molecule has 0 unspecified atom stereocenters. The quantitative estimate of drug-likeness (QED) is 0.328. The number of hydrogen-bond acceptors (Lipinski definition) is 6. The Morgan fingerprint density at radius 1 is 0.781 bits per heavy atom. The van der Waals surface area contributed by atoms with Crippen LogP contribution in [0.4, 0.5) is 28.8 Å². The van der Waals surface area contributed by atoms with Gasteiger partial charge in [-0.15, -0.1) is 0 Å². The Morgan fingerprint density at radius 3 is 2.31 bits per heavy atom. The second-order valence-corrected chi connectivity index (χ2v) is 7.45. The number of aryl methyl sites for hydroxylation is 1. The first kappa shape index (κ1) is 21.3. The van der Waals surface area contributed by atoms with Crippen LogP contribution in [0.15, 0.2) is 85.3 Å². The van der Waals surface area contributed by atoms with Gasteiger partial charge < -0.3 is 16.0 Å². The number of anilines is 5. The number of amides is 1. The van der Waals surface area contributed by atoms with E-state index in [2.05, 4.69) is 30.9 Å². The molecule has 8 heteroatoms. The monoisotopic (exact) mass is 444 g/mol. The molecule has 0 fully saturated rings. The van der Waals surface area contributed by atoms with Gasteiger partial charge >= 0.3 is 0 Å². The van der Waals surface area contributed by atoms with Crippen molar-refractivity contribution in [2.45, 2.75) is 12.8 Å². The van der Waals surface area contributed by atoms with Gasteiger partial charge in [0.05, 0.1) is 0 Å². The fourth-order valence-electron chi connectivity index (χ4n) is 3.02. The molecule has 0 bridgehead atoms. The van der Waals surface area contributed by atoms with E-state index in [1.165, 1.54) is 6.33 Å². The lowest BCUT2D eigenvalue weighted by Crippen LogP contribution is -2.12. The average Bonchev–Trinajstić information content (AvgIpc) is 2.80. The molecule has 4 aromatic rings. The maximum absolute atomic E-state index is 12.2. The van der Waals surface area contributed by atoms with Gasteiger partial charge in [-0.2, -0.15) is 0 Å². The second kappa shape index (κ2) is 10.4. The number of halogens is 1. The fourth-order valence-corrected chi connectivity index (χ4v) is 3.23. The Bertz CT molecular complexity index is 1180. The van der Waals surface area contributed by atoms with Gasteiger partial charge in [0.25, 0.3) is 0 Å². The summed E-state index contributed by atoms with van der Waals surface area (Å²) < 4.78 is 0. The molecular weight excluding hydrogens is 424 g/mol. The molecule has 0 aliphatic rings. The zero-order valence-corrected chi connectivity index (χ0v) is 17.9. The summed E-state index contributed by atoms with van der Waals surface area (Å²) in [5.74, 6) is 1.92. The second-order valence-electron chi connectivity index (χ2n) is 7.01. The van der Waals surface area contributed by atoms with E-state index in [4.69, 9.17) is 11.6 Å².